The van der Waals surface area contributed by atoms with Crippen LogP contribution in [0, 0.1) is 0 Å². The number of benzene rings is 8. The number of nitrogens with zero attached hydrogens (tertiary/aromatic N) is 1. The summed E-state index contributed by atoms with van der Waals surface area (Å²) in [5.41, 5.74) is 13.5. The first-order chi connectivity index (χ1) is 22.3. The van der Waals surface area contributed by atoms with Gasteiger partial charge >= 0.3 is 0 Å². The summed E-state index contributed by atoms with van der Waals surface area (Å²) in [6, 6.07) is 63.9. The summed E-state index contributed by atoms with van der Waals surface area (Å²) in [4.78, 5) is 0. The van der Waals surface area contributed by atoms with E-state index in [4.69, 9.17) is 0 Å². The molecule has 0 fully saturated rings. The van der Waals surface area contributed by atoms with Crippen LogP contribution < -0.4 is 0 Å². The van der Waals surface area contributed by atoms with Crippen molar-refractivity contribution in [2.24, 2.45) is 0 Å². The largest absolute Gasteiger partial charge is 0.309 e. The molecule has 0 unspecified atom stereocenters. The van der Waals surface area contributed by atoms with Crippen molar-refractivity contribution in [3.05, 3.63) is 176 Å². The van der Waals surface area contributed by atoms with Gasteiger partial charge in [0.05, 0.1) is 11.0 Å². The van der Waals surface area contributed by atoms with Crippen LogP contribution in [0.5, 0.6) is 0 Å². The lowest BCUT2D eigenvalue weighted by molar-refractivity contribution is 1.18. The SMILES string of the molecule is c1ccc(-c2ccc(-c3cc4ccc5cc(-c6ccc(-c7ccccc7)cc6)cc6c5c4c(c3)n6-c3ccccc3)cc2)cc1. The zero-order chi connectivity index (χ0) is 29.7. The van der Waals surface area contributed by atoms with E-state index < -0.39 is 0 Å². The Morgan fingerprint density at radius 2 is 0.600 bits per heavy atom. The van der Waals surface area contributed by atoms with Crippen LogP contribution in [0.1, 0.15) is 0 Å². The molecule has 45 heavy (non-hydrogen) atoms. The van der Waals surface area contributed by atoms with Crippen LogP contribution in [-0.4, -0.2) is 4.57 Å². The van der Waals surface area contributed by atoms with Gasteiger partial charge in [-0.3, -0.25) is 0 Å². The highest BCUT2D eigenvalue weighted by Crippen LogP contribution is 2.43. The summed E-state index contributed by atoms with van der Waals surface area (Å²) >= 11 is 0. The molecule has 0 N–H and O–H groups in total. The molecule has 0 saturated heterocycles. The molecule has 0 aliphatic rings. The normalized spacial score (nSPS) is 11.6. The Bertz CT molecular complexity index is 2260. The van der Waals surface area contributed by atoms with Crippen molar-refractivity contribution in [3.63, 3.8) is 0 Å². The van der Waals surface area contributed by atoms with Crippen molar-refractivity contribution in [3.8, 4) is 50.2 Å². The first kappa shape index (κ1) is 25.6. The zero-order valence-electron chi connectivity index (χ0n) is 24.7. The average Bonchev–Trinajstić information content (AvgIpc) is 3.46. The summed E-state index contributed by atoms with van der Waals surface area (Å²) in [6.07, 6.45) is 0. The third-order valence-electron chi connectivity index (χ3n) is 9.14. The lowest BCUT2D eigenvalue weighted by atomic mass is 9.94. The van der Waals surface area contributed by atoms with Crippen molar-refractivity contribution >= 4 is 32.6 Å². The second-order valence-corrected chi connectivity index (χ2v) is 11.8. The maximum atomic E-state index is 2.45. The molecule has 0 saturated carbocycles. The third kappa shape index (κ3) is 4.32. The predicted molar refractivity (Wildman–Crippen MR) is 191 cm³/mol. The van der Waals surface area contributed by atoms with Gasteiger partial charge in [0, 0.05) is 16.5 Å². The molecule has 1 heterocycles. The van der Waals surface area contributed by atoms with Gasteiger partial charge in [0.15, 0.2) is 0 Å². The third-order valence-corrected chi connectivity index (χ3v) is 9.14. The topological polar surface area (TPSA) is 4.93 Å². The van der Waals surface area contributed by atoms with Crippen LogP contribution in [0.25, 0.3) is 82.8 Å². The molecule has 0 spiro atoms. The highest BCUT2D eigenvalue weighted by atomic mass is 15.0. The number of para-hydroxylation sites is 1. The van der Waals surface area contributed by atoms with E-state index in [1.807, 2.05) is 0 Å². The monoisotopic (exact) mass is 571 g/mol. The average molecular weight is 572 g/mol. The highest BCUT2D eigenvalue weighted by molar-refractivity contribution is 6.25. The first-order valence-corrected chi connectivity index (χ1v) is 15.5. The molecular formula is C44H29N. The van der Waals surface area contributed by atoms with Crippen LogP contribution in [0.15, 0.2) is 176 Å². The van der Waals surface area contributed by atoms with Crippen molar-refractivity contribution < 1.29 is 0 Å². The Morgan fingerprint density at radius 3 is 1.00 bits per heavy atom. The standard InChI is InChI=1S/C44H29N/c1-4-10-30(11-5-1)32-16-20-34(21-17-32)38-26-36-24-25-37-27-39(35-22-18-33(19-23-35)31-12-6-2-7-13-31)29-42-44(37)43(36)41(28-38)45(42)40-14-8-3-9-15-40/h1-29H. The Balaban J connectivity index is 1.23. The molecule has 210 valence electrons. The predicted octanol–water partition coefficient (Wildman–Crippen LogP) is 12.0. The van der Waals surface area contributed by atoms with Gasteiger partial charge in [0.2, 0.25) is 0 Å². The van der Waals surface area contributed by atoms with E-state index in [9.17, 15) is 0 Å². The number of hydrogen-bond acceptors (Lipinski definition) is 0. The smallest absolute Gasteiger partial charge is 0.0553 e. The minimum absolute atomic E-state index is 1.17. The molecule has 8 aromatic carbocycles. The lowest BCUT2D eigenvalue weighted by Crippen LogP contribution is -1.94. The summed E-state index contributed by atoms with van der Waals surface area (Å²) in [7, 11) is 0. The lowest BCUT2D eigenvalue weighted by Gasteiger charge is -2.11. The summed E-state index contributed by atoms with van der Waals surface area (Å²) < 4.78 is 2.45. The molecular weight excluding hydrogens is 542 g/mol. The van der Waals surface area contributed by atoms with Crippen molar-refractivity contribution in [2.45, 2.75) is 0 Å². The van der Waals surface area contributed by atoms with Crippen LogP contribution in [0.4, 0.5) is 0 Å². The molecule has 0 aliphatic heterocycles. The molecule has 0 aliphatic carbocycles. The first-order valence-electron chi connectivity index (χ1n) is 15.5. The Kier molecular flexibility index (Phi) is 5.89. The quantitative estimate of drug-likeness (QED) is 0.181. The molecule has 0 radical (unpaired) electrons. The van der Waals surface area contributed by atoms with E-state index in [-0.39, 0.29) is 0 Å². The minimum atomic E-state index is 1.17. The maximum absolute atomic E-state index is 2.45. The van der Waals surface area contributed by atoms with Gasteiger partial charge in [-0.15, -0.1) is 0 Å². The van der Waals surface area contributed by atoms with Crippen LogP contribution in [0.2, 0.25) is 0 Å². The fraction of sp³-hybridized carbons (Fsp3) is 0. The molecule has 1 aromatic heterocycles. The Morgan fingerprint density at radius 1 is 0.267 bits per heavy atom. The summed E-state index contributed by atoms with van der Waals surface area (Å²) in [6.45, 7) is 0. The zero-order valence-corrected chi connectivity index (χ0v) is 24.7. The highest BCUT2D eigenvalue weighted by Gasteiger charge is 2.19. The van der Waals surface area contributed by atoms with E-state index in [1.54, 1.807) is 0 Å². The second kappa shape index (κ2) is 10.4. The van der Waals surface area contributed by atoms with Gasteiger partial charge in [-0.1, -0.05) is 140 Å². The molecule has 9 aromatic rings. The fourth-order valence-electron chi connectivity index (χ4n) is 6.93. The Hall–Kier alpha value is -5.92. The van der Waals surface area contributed by atoms with Crippen molar-refractivity contribution in [1.82, 2.24) is 4.57 Å². The van der Waals surface area contributed by atoms with E-state index >= 15 is 0 Å². The molecule has 0 amide bonds. The number of aromatic nitrogens is 1. The van der Waals surface area contributed by atoms with Crippen molar-refractivity contribution in [1.29, 1.82) is 0 Å². The summed E-state index contributed by atoms with van der Waals surface area (Å²) in [5, 5.41) is 5.17. The van der Waals surface area contributed by atoms with Gasteiger partial charge in [-0.2, -0.15) is 0 Å². The van der Waals surface area contributed by atoms with E-state index in [0.717, 1.165) is 0 Å². The molecule has 1 heteroatoms. The van der Waals surface area contributed by atoms with E-state index in [2.05, 4.69) is 180 Å². The van der Waals surface area contributed by atoms with E-state index in [1.165, 1.54) is 82.8 Å². The van der Waals surface area contributed by atoms with Gasteiger partial charge < -0.3 is 4.57 Å². The molecule has 9 rings (SSSR count). The van der Waals surface area contributed by atoms with Crippen LogP contribution in [0.3, 0.4) is 0 Å². The Labute approximate surface area is 262 Å². The van der Waals surface area contributed by atoms with Crippen LogP contribution in [-0.2, 0) is 0 Å². The maximum Gasteiger partial charge on any atom is 0.0553 e. The van der Waals surface area contributed by atoms with Crippen molar-refractivity contribution in [2.75, 3.05) is 0 Å². The van der Waals surface area contributed by atoms with Gasteiger partial charge in [0.1, 0.15) is 0 Å². The second-order valence-electron chi connectivity index (χ2n) is 11.8. The van der Waals surface area contributed by atoms with Gasteiger partial charge in [-0.05, 0) is 91.7 Å². The van der Waals surface area contributed by atoms with E-state index in [0.29, 0.717) is 0 Å². The van der Waals surface area contributed by atoms with Gasteiger partial charge in [-0.25, -0.2) is 0 Å². The fourth-order valence-corrected chi connectivity index (χ4v) is 6.93. The van der Waals surface area contributed by atoms with Gasteiger partial charge in [0.25, 0.3) is 0 Å². The minimum Gasteiger partial charge on any atom is -0.309 e. The molecule has 1 nitrogen and oxygen atoms in total. The molecule has 0 bridgehead atoms. The number of rotatable bonds is 5. The molecule has 0 atom stereocenters. The van der Waals surface area contributed by atoms with Crippen LogP contribution >= 0.6 is 0 Å². The summed E-state index contributed by atoms with van der Waals surface area (Å²) in [5.74, 6) is 0. The number of hydrogen-bond donors (Lipinski definition) is 0.